The molecule has 1 amide bonds. The number of pyridine rings is 1. The maximum absolute atomic E-state index is 12.0. The van der Waals surface area contributed by atoms with Crippen molar-refractivity contribution in [3.8, 4) is 0 Å². The third-order valence-electron chi connectivity index (χ3n) is 3.82. The standard InChI is InChI=1S/C19H21N3OS/c1-14-6-7-15(2)17(11-14)24-13-19(23)20-9-8-16-12-22-10-4-3-5-18(22)21-16/h3-7,10-12H,8-9,13H2,1-2H3,(H,20,23). The lowest BCUT2D eigenvalue weighted by molar-refractivity contribution is -0.118. The van der Waals surface area contributed by atoms with Gasteiger partial charge in [-0.05, 0) is 37.6 Å². The summed E-state index contributed by atoms with van der Waals surface area (Å²) in [6.45, 7) is 4.75. The monoisotopic (exact) mass is 339 g/mol. The van der Waals surface area contributed by atoms with Gasteiger partial charge < -0.3 is 9.72 Å². The summed E-state index contributed by atoms with van der Waals surface area (Å²) in [7, 11) is 0. The molecule has 124 valence electrons. The normalized spacial score (nSPS) is 10.9. The van der Waals surface area contributed by atoms with E-state index in [0.717, 1.165) is 17.8 Å². The van der Waals surface area contributed by atoms with Gasteiger partial charge in [-0.2, -0.15) is 0 Å². The van der Waals surface area contributed by atoms with E-state index in [0.29, 0.717) is 12.3 Å². The Morgan fingerprint density at radius 1 is 1.25 bits per heavy atom. The molecule has 2 aromatic heterocycles. The van der Waals surface area contributed by atoms with Gasteiger partial charge in [0.25, 0.3) is 0 Å². The number of aromatic nitrogens is 2. The van der Waals surface area contributed by atoms with Crippen LogP contribution < -0.4 is 5.32 Å². The van der Waals surface area contributed by atoms with Gasteiger partial charge in [-0.3, -0.25) is 4.79 Å². The number of amides is 1. The van der Waals surface area contributed by atoms with Crippen LogP contribution in [0.1, 0.15) is 16.8 Å². The van der Waals surface area contributed by atoms with Gasteiger partial charge in [-0.1, -0.05) is 23.8 Å². The van der Waals surface area contributed by atoms with Crippen molar-refractivity contribution in [2.24, 2.45) is 0 Å². The highest BCUT2D eigenvalue weighted by atomic mass is 32.2. The molecule has 2 heterocycles. The molecule has 0 aliphatic carbocycles. The number of hydrogen-bond acceptors (Lipinski definition) is 3. The molecule has 0 unspecified atom stereocenters. The molecule has 0 aliphatic rings. The molecular weight excluding hydrogens is 318 g/mol. The number of hydrogen-bond donors (Lipinski definition) is 1. The fraction of sp³-hybridized carbons (Fsp3) is 0.263. The molecule has 5 heteroatoms. The Morgan fingerprint density at radius 2 is 2.12 bits per heavy atom. The fourth-order valence-electron chi connectivity index (χ4n) is 2.49. The summed E-state index contributed by atoms with van der Waals surface area (Å²) < 4.78 is 1.99. The summed E-state index contributed by atoms with van der Waals surface area (Å²) in [5.41, 5.74) is 4.35. The molecular formula is C19H21N3OS. The topological polar surface area (TPSA) is 46.4 Å². The number of nitrogens with one attached hydrogen (secondary N) is 1. The lowest BCUT2D eigenvalue weighted by Gasteiger charge is -2.07. The van der Waals surface area contributed by atoms with Crippen LogP contribution in [0.2, 0.25) is 0 Å². The van der Waals surface area contributed by atoms with Crippen LogP contribution in [0.25, 0.3) is 5.65 Å². The Hall–Kier alpha value is -2.27. The Kier molecular flexibility index (Phi) is 5.20. The number of rotatable bonds is 6. The van der Waals surface area contributed by atoms with Crippen molar-refractivity contribution in [2.75, 3.05) is 12.3 Å². The number of carbonyl (C=O) groups is 1. The Bertz CT molecular complexity index is 824. The number of imidazole rings is 1. The van der Waals surface area contributed by atoms with Gasteiger partial charge in [0, 0.05) is 30.3 Å². The van der Waals surface area contributed by atoms with Crippen molar-refractivity contribution in [3.05, 3.63) is 65.6 Å². The number of nitrogens with zero attached hydrogens (tertiary/aromatic N) is 2. The zero-order chi connectivity index (χ0) is 16.9. The molecule has 0 bridgehead atoms. The highest BCUT2D eigenvalue weighted by Crippen LogP contribution is 2.23. The summed E-state index contributed by atoms with van der Waals surface area (Å²) in [4.78, 5) is 17.7. The molecule has 0 aliphatic heterocycles. The van der Waals surface area contributed by atoms with Crippen LogP contribution >= 0.6 is 11.8 Å². The largest absolute Gasteiger partial charge is 0.355 e. The lowest BCUT2D eigenvalue weighted by atomic mass is 10.2. The molecule has 0 saturated heterocycles. The molecule has 0 radical (unpaired) electrons. The van der Waals surface area contributed by atoms with Crippen LogP contribution in [0.15, 0.2) is 53.7 Å². The van der Waals surface area contributed by atoms with E-state index >= 15 is 0 Å². The number of fused-ring (bicyclic) bond motifs is 1. The molecule has 3 aromatic rings. The maximum Gasteiger partial charge on any atom is 0.230 e. The van der Waals surface area contributed by atoms with Gasteiger partial charge in [0.05, 0.1) is 11.4 Å². The van der Waals surface area contributed by atoms with E-state index in [1.807, 2.05) is 35.0 Å². The highest BCUT2D eigenvalue weighted by Gasteiger charge is 2.06. The molecule has 0 atom stereocenters. The second-order valence-electron chi connectivity index (χ2n) is 5.86. The smallest absolute Gasteiger partial charge is 0.230 e. The summed E-state index contributed by atoms with van der Waals surface area (Å²) in [6, 6.07) is 12.2. The first kappa shape index (κ1) is 16.6. The molecule has 24 heavy (non-hydrogen) atoms. The Balaban J connectivity index is 1.46. The molecule has 0 saturated carbocycles. The second-order valence-corrected chi connectivity index (χ2v) is 6.87. The molecule has 3 rings (SSSR count). The predicted molar refractivity (Wildman–Crippen MR) is 98.5 cm³/mol. The van der Waals surface area contributed by atoms with E-state index in [-0.39, 0.29) is 5.91 Å². The number of benzene rings is 1. The van der Waals surface area contributed by atoms with Crippen LogP contribution in [0.4, 0.5) is 0 Å². The highest BCUT2D eigenvalue weighted by molar-refractivity contribution is 8.00. The van der Waals surface area contributed by atoms with Crippen LogP contribution in [0.3, 0.4) is 0 Å². The molecule has 1 N–H and O–H groups in total. The minimum absolute atomic E-state index is 0.0599. The summed E-state index contributed by atoms with van der Waals surface area (Å²) in [5.74, 6) is 0.500. The van der Waals surface area contributed by atoms with Crippen LogP contribution in [-0.2, 0) is 11.2 Å². The zero-order valence-corrected chi connectivity index (χ0v) is 14.8. The minimum Gasteiger partial charge on any atom is -0.355 e. The first-order valence-electron chi connectivity index (χ1n) is 8.01. The van der Waals surface area contributed by atoms with Gasteiger partial charge in [0.2, 0.25) is 5.91 Å². The Morgan fingerprint density at radius 3 is 2.96 bits per heavy atom. The van der Waals surface area contributed by atoms with Crippen molar-refractivity contribution < 1.29 is 4.79 Å². The number of aryl methyl sites for hydroxylation is 2. The third-order valence-corrected chi connectivity index (χ3v) is 4.98. The van der Waals surface area contributed by atoms with Gasteiger partial charge in [0.15, 0.2) is 0 Å². The van der Waals surface area contributed by atoms with E-state index in [9.17, 15) is 4.79 Å². The minimum atomic E-state index is 0.0599. The van der Waals surface area contributed by atoms with Crippen LogP contribution in [0, 0.1) is 13.8 Å². The quantitative estimate of drug-likeness (QED) is 0.700. The van der Waals surface area contributed by atoms with Crippen molar-refractivity contribution in [2.45, 2.75) is 25.2 Å². The molecule has 0 fully saturated rings. The number of carbonyl (C=O) groups excluding carboxylic acids is 1. The maximum atomic E-state index is 12.0. The predicted octanol–water partition coefficient (Wildman–Crippen LogP) is 3.40. The Labute approximate surface area is 146 Å². The average molecular weight is 339 g/mol. The summed E-state index contributed by atoms with van der Waals surface area (Å²) in [6.07, 6.45) is 4.72. The average Bonchev–Trinajstić information content (AvgIpc) is 2.98. The van der Waals surface area contributed by atoms with Crippen molar-refractivity contribution in [1.82, 2.24) is 14.7 Å². The zero-order valence-electron chi connectivity index (χ0n) is 14.0. The molecule has 4 nitrogen and oxygen atoms in total. The summed E-state index contributed by atoms with van der Waals surface area (Å²) >= 11 is 1.59. The van der Waals surface area contributed by atoms with Gasteiger partial charge >= 0.3 is 0 Å². The van der Waals surface area contributed by atoms with Crippen molar-refractivity contribution in [3.63, 3.8) is 0 Å². The molecule has 1 aromatic carbocycles. The van der Waals surface area contributed by atoms with Crippen molar-refractivity contribution in [1.29, 1.82) is 0 Å². The van der Waals surface area contributed by atoms with Crippen molar-refractivity contribution >= 4 is 23.3 Å². The molecule has 0 spiro atoms. The second kappa shape index (κ2) is 7.53. The van der Waals surface area contributed by atoms with E-state index in [2.05, 4.69) is 42.3 Å². The SMILES string of the molecule is Cc1ccc(C)c(SCC(=O)NCCc2cn3ccccc3n2)c1. The summed E-state index contributed by atoms with van der Waals surface area (Å²) in [5, 5.41) is 2.97. The van der Waals surface area contributed by atoms with Gasteiger partial charge in [-0.15, -0.1) is 11.8 Å². The van der Waals surface area contributed by atoms with Gasteiger partial charge in [0.1, 0.15) is 5.65 Å². The number of thioether (sulfide) groups is 1. The van der Waals surface area contributed by atoms with Crippen LogP contribution in [0.5, 0.6) is 0 Å². The van der Waals surface area contributed by atoms with E-state index in [1.54, 1.807) is 11.8 Å². The van der Waals surface area contributed by atoms with E-state index in [4.69, 9.17) is 0 Å². The first-order chi connectivity index (χ1) is 11.6. The van der Waals surface area contributed by atoms with Gasteiger partial charge in [-0.25, -0.2) is 4.98 Å². The third kappa shape index (κ3) is 4.17. The van der Waals surface area contributed by atoms with Crippen LogP contribution in [-0.4, -0.2) is 27.6 Å². The van der Waals surface area contributed by atoms with E-state index < -0.39 is 0 Å². The lowest BCUT2D eigenvalue weighted by Crippen LogP contribution is -2.27. The first-order valence-corrected chi connectivity index (χ1v) is 9.00. The van der Waals surface area contributed by atoms with E-state index in [1.165, 1.54) is 16.0 Å². The fourth-order valence-corrected chi connectivity index (χ4v) is 3.45.